The topological polar surface area (TPSA) is 111 Å². The van der Waals surface area contributed by atoms with Crippen molar-refractivity contribution in [2.75, 3.05) is 42.9 Å². The van der Waals surface area contributed by atoms with Crippen LogP contribution in [0.1, 0.15) is 30.4 Å². The Balaban J connectivity index is 1.27. The molecule has 2 aliphatic rings. The first kappa shape index (κ1) is 27.4. The highest BCUT2D eigenvalue weighted by Crippen LogP contribution is 2.34. The Labute approximate surface area is 212 Å². The maximum absolute atomic E-state index is 13.2. The molecule has 0 unspecified atom stereocenters. The maximum atomic E-state index is 13.2. The van der Waals surface area contributed by atoms with Crippen LogP contribution in [0.15, 0.2) is 29.3 Å². The van der Waals surface area contributed by atoms with Crippen LogP contribution in [0.2, 0.25) is 0 Å². The molecule has 1 saturated heterocycles. The van der Waals surface area contributed by atoms with Crippen molar-refractivity contribution in [3.8, 4) is 0 Å². The van der Waals surface area contributed by atoms with Gasteiger partial charge in [0.1, 0.15) is 17.2 Å². The maximum Gasteiger partial charge on any atom is 0.423 e. The molecular weight excluding hydrogens is 522 g/mol. The van der Waals surface area contributed by atoms with Gasteiger partial charge in [-0.25, -0.2) is 10.1 Å². The largest absolute Gasteiger partial charge is 0.423 e. The standard InChI is InChI=1S/C23H24F6N6O3/c24-22(25,26)15-3-4-17(31-11-15)34-5-7-35(8-6-34)18(36)9-13-1-2-14(20(13)37)10-30-16-12-32-33-21(38)19(16)23(27,28)29/h3-4,11-14H,1-2,5-10H2,(H2,30,33,38)/t13-,14-/m0/s1. The zero-order valence-corrected chi connectivity index (χ0v) is 19.9. The van der Waals surface area contributed by atoms with Crippen LogP contribution in [0, 0.1) is 11.8 Å². The van der Waals surface area contributed by atoms with Gasteiger partial charge >= 0.3 is 12.4 Å². The number of H-pyrrole nitrogens is 1. The van der Waals surface area contributed by atoms with E-state index in [2.05, 4.69) is 15.4 Å². The van der Waals surface area contributed by atoms with Crippen LogP contribution in [0.3, 0.4) is 0 Å². The summed E-state index contributed by atoms with van der Waals surface area (Å²) in [6.07, 6.45) is -7.02. The van der Waals surface area contributed by atoms with Crippen molar-refractivity contribution >= 4 is 23.2 Å². The summed E-state index contributed by atoms with van der Waals surface area (Å²) >= 11 is 0. The monoisotopic (exact) mass is 546 g/mol. The summed E-state index contributed by atoms with van der Waals surface area (Å²) in [6.45, 7) is 1.21. The SMILES string of the molecule is O=C1[C@H](CNc2cn[nH]c(=O)c2C(F)(F)F)CC[C@H]1CC(=O)N1CCN(c2ccc(C(F)(F)F)cn2)CC1. The van der Waals surface area contributed by atoms with Gasteiger partial charge < -0.3 is 15.1 Å². The van der Waals surface area contributed by atoms with Crippen LogP contribution in [-0.2, 0) is 21.9 Å². The smallest absolute Gasteiger partial charge is 0.382 e. The molecule has 2 aromatic rings. The molecule has 0 spiro atoms. The van der Waals surface area contributed by atoms with E-state index in [-0.39, 0.29) is 24.7 Å². The summed E-state index contributed by atoms with van der Waals surface area (Å²) in [4.78, 5) is 44.4. The van der Waals surface area contributed by atoms with Crippen LogP contribution >= 0.6 is 0 Å². The zero-order valence-electron chi connectivity index (χ0n) is 19.9. The minimum Gasteiger partial charge on any atom is -0.382 e. The summed E-state index contributed by atoms with van der Waals surface area (Å²) in [7, 11) is 0. The highest BCUT2D eigenvalue weighted by Gasteiger charge is 2.39. The lowest BCUT2D eigenvalue weighted by Gasteiger charge is -2.35. The molecule has 38 heavy (non-hydrogen) atoms. The number of nitrogens with zero attached hydrogens (tertiary/aromatic N) is 4. The number of carbonyl (C=O) groups is 2. The van der Waals surface area contributed by atoms with E-state index in [1.807, 2.05) is 0 Å². The summed E-state index contributed by atoms with van der Waals surface area (Å²) in [5.41, 5.74) is -4.18. The van der Waals surface area contributed by atoms with Gasteiger partial charge in [-0.15, -0.1) is 0 Å². The Hall–Kier alpha value is -3.65. The Bertz CT molecular complexity index is 1220. The quantitative estimate of drug-likeness (QED) is 0.536. The van der Waals surface area contributed by atoms with E-state index in [4.69, 9.17) is 0 Å². The predicted molar refractivity (Wildman–Crippen MR) is 122 cm³/mol. The average Bonchev–Trinajstić information content (AvgIpc) is 3.20. The van der Waals surface area contributed by atoms with Crippen molar-refractivity contribution in [2.24, 2.45) is 11.8 Å². The number of halogens is 6. The molecule has 206 valence electrons. The van der Waals surface area contributed by atoms with E-state index in [1.54, 1.807) is 14.9 Å². The first-order chi connectivity index (χ1) is 17.8. The molecular formula is C23H24F6N6O3. The molecule has 1 saturated carbocycles. The number of hydrogen-bond donors (Lipinski definition) is 2. The number of rotatable bonds is 6. The van der Waals surface area contributed by atoms with E-state index in [0.29, 0.717) is 44.8 Å². The normalized spacial score (nSPS) is 20.6. The van der Waals surface area contributed by atoms with Gasteiger partial charge in [-0.2, -0.15) is 31.4 Å². The summed E-state index contributed by atoms with van der Waals surface area (Å²) in [5, 5.41) is 7.63. The second-order valence-corrected chi connectivity index (χ2v) is 9.21. The number of hydrogen-bond acceptors (Lipinski definition) is 7. The van der Waals surface area contributed by atoms with E-state index >= 15 is 0 Å². The number of aromatic amines is 1. The highest BCUT2D eigenvalue weighted by atomic mass is 19.4. The zero-order chi connectivity index (χ0) is 27.7. The summed E-state index contributed by atoms with van der Waals surface area (Å²) < 4.78 is 77.8. The molecule has 1 amide bonds. The van der Waals surface area contributed by atoms with Crippen molar-refractivity contribution in [1.82, 2.24) is 20.1 Å². The van der Waals surface area contributed by atoms with Gasteiger partial charge in [0.05, 0.1) is 17.4 Å². The number of ketones is 1. The molecule has 2 aromatic heterocycles. The Morgan fingerprint density at radius 3 is 2.26 bits per heavy atom. The van der Waals surface area contributed by atoms with E-state index < -0.39 is 46.6 Å². The predicted octanol–water partition coefficient (Wildman–Crippen LogP) is 2.95. The van der Waals surface area contributed by atoms with Gasteiger partial charge in [0.2, 0.25) is 5.91 Å². The number of carbonyl (C=O) groups excluding carboxylic acids is 2. The van der Waals surface area contributed by atoms with E-state index in [1.165, 1.54) is 6.07 Å². The van der Waals surface area contributed by atoms with E-state index in [9.17, 15) is 40.7 Å². The number of nitrogens with one attached hydrogen (secondary N) is 2. The second kappa shape index (κ2) is 10.6. The van der Waals surface area contributed by atoms with Crippen LogP contribution in [0.25, 0.3) is 0 Å². The van der Waals surface area contributed by atoms with Gasteiger partial charge in [-0.1, -0.05) is 0 Å². The molecule has 0 radical (unpaired) electrons. The molecule has 2 atom stereocenters. The molecule has 0 bridgehead atoms. The van der Waals surface area contributed by atoms with E-state index in [0.717, 1.165) is 18.5 Å². The van der Waals surface area contributed by atoms with Gasteiger partial charge in [-0.05, 0) is 25.0 Å². The number of alkyl halides is 6. The lowest BCUT2D eigenvalue weighted by Crippen LogP contribution is -2.49. The number of aromatic nitrogens is 3. The van der Waals surface area contributed by atoms with Crippen LogP contribution in [0.4, 0.5) is 37.8 Å². The highest BCUT2D eigenvalue weighted by molar-refractivity contribution is 5.90. The third-order valence-corrected chi connectivity index (χ3v) is 6.80. The Morgan fingerprint density at radius 1 is 0.974 bits per heavy atom. The average molecular weight is 546 g/mol. The van der Waals surface area contributed by atoms with Crippen LogP contribution in [-0.4, -0.2) is 64.5 Å². The fourth-order valence-corrected chi connectivity index (χ4v) is 4.74. The molecule has 1 aliphatic carbocycles. The lowest BCUT2D eigenvalue weighted by molar-refractivity contribution is -0.138. The number of anilines is 2. The first-order valence-corrected chi connectivity index (χ1v) is 11.8. The molecule has 9 nitrogen and oxygen atoms in total. The Morgan fingerprint density at radius 2 is 1.66 bits per heavy atom. The molecule has 3 heterocycles. The molecule has 15 heteroatoms. The van der Waals surface area contributed by atoms with Crippen LogP contribution in [0.5, 0.6) is 0 Å². The van der Waals surface area contributed by atoms with Gasteiger partial charge in [-0.3, -0.25) is 14.4 Å². The van der Waals surface area contributed by atoms with Crippen molar-refractivity contribution in [3.63, 3.8) is 0 Å². The number of pyridine rings is 1. The molecule has 4 rings (SSSR count). The van der Waals surface area contributed by atoms with Crippen molar-refractivity contribution < 1.29 is 35.9 Å². The minimum absolute atomic E-state index is 0.0335. The number of amides is 1. The van der Waals surface area contributed by atoms with Gasteiger partial charge in [0.15, 0.2) is 0 Å². The lowest BCUT2D eigenvalue weighted by atomic mass is 9.98. The fraction of sp³-hybridized carbons (Fsp3) is 0.522. The second-order valence-electron chi connectivity index (χ2n) is 9.21. The third-order valence-electron chi connectivity index (χ3n) is 6.80. The van der Waals surface area contributed by atoms with Gasteiger partial charge in [0.25, 0.3) is 5.56 Å². The van der Waals surface area contributed by atoms with Crippen molar-refractivity contribution in [1.29, 1.82) is 0 Å². The Kier molecular flexibility index (Phi) is 7.65. The third kappa shape index (κ3) is 6.07. The van der Waals surface area contributed by atoms with Crippen LogP contribution < -0.4 is 15.8 Å². The number of piperazine rings is 1. The molecule has 2 fully saturated rings. The minimum atomic E-state index is -4.90. The summed E-state index contributed by atoms with van der Waals surface area (Å²) in [6, 6.07) is 2.23. The molecule has 0 aromatic carbocycles. The number of Topliss-reactive ketones (excluding diaryl/α,β-unsaturated/α-hetero) is 1. The first-order valence-electron chi connectivity index (χ1n) is 11.8. The van der Waals surface area contributed by atoms with Crippen molar-refractivity contribution in [3.05, 3.63) is 46.0 Å². The fourth-order valence-electron chi connectivity index (χ4n) is 4.74. The summed E-state index contributed by atoms with van der Waals surface area (Å²) in [5.74, 6) is -1.28. The molecule has 1 aliphatic heterocycles. The van der Waals surface area contributed by atoms with Gasteiger partial charge in [0, 0.05) is 57.2 Å². The molecule has 2 N–H and O–H groups in total. The van der Waals surface area contributed by atoms with Crippen molar-refractivity contribution in [2.45, 2.75) is 31.6 Å².